The maximum atomic E-state index is 11.5. The second-order valence-corrected chi connectivity index (χ2v) is 3.58. The van der Waals surface area contributed by atoms with Gasteiger partial charge in [0.15, 0.2) is 0 Å². The maximum Gasteiger partial charge on any atom is 0.246 e. The molecule has 0 spiro atoms. The highest BCUT2D eigenvalue weighted by Crippen LogP contribution is 2.21. The van der Waals surface area contributed by atoms with Gasteiger partial charge in [0.25, 0.3) is 0 Å². The predicted molar refractivity (Wildman–Crippen MR) is 50.9 cm³/mol. The van der Waals surface area contributed by atoms with Gasteiger partial charge in [0.1, 0.15) is 6.10 Å². The Morgan fingerprint density at radius 1 is 1.50 bits per heavy atom. The highest BCUT2D eigenvalue weighted by molar-refractivity contribution is 5.87. The van der Waals surface area contributed by atoms with E-state index in [1.54, 1.807) is 0 Å². The number of rotatable bonds is 1. The summed E-state index contributed by atoms with van der Waals surface area (Å²) >= 11 is 0. The molecule has 0 bridgehead atoms. The summed E-state index contributed by atoms with van der Waals surface area (Å²) in [7, 11) is 0. The molecule has 0 saturated carbocycles. The van der Waals surface area contributed by atoms with E-state index in [0.29, 0.717) is 26.4 Å². The van der Waals surface area contributed by atoms with Crippen molar-refractivity contribution in [2.75, 3.05) is 26.4 Å². The quantitative estimate of drug-likeness (QED) is 0.563. The summed E-state index contributed by atoms with van der Waals surface area (Å²) < 4.78 is 10.9. The van der Waals surface area contributed by atoms with Crippen molar-refractivity contribution in [2.45, 2.75) is 18.6 Å². The molecule has 0 aromatic carbocycles. The molecule has 4 heteroatoms. The summed E-state index contributed by atoms with van der Waals surface area (Å²) in [4.78, 5) is 13.4. The van der Waals surface area contributed by atoms with Crippen molar-refractivity contribution in [2.24, 2.45) is 0 Å². The van der Waals surface area contributed by atoms with Crippen LogP contribution in [0.5, 0.6) is 0 Å². The van der Waals surface area contributed by atoms with E-state index >= 15 is 0 Å². The van der Waals surface area contributed by atoms with E-state index < -0.39 is 0 Å². The largest absolute Gasteiger partial charge is 0.379 e. The lowest BCUT2D eigenvalue weighted by Crippen LogP contribution is -2.57. The number of hydrogen-bond donors (Lipinski definition) is 0. The fraction of sp³-hybridized carbons (Fsp3) is 0.700. The zero-order chi connectivity index (χ0) is 9.97. The van der Waals surface area contributed by atoms with Crippen LogP contribution in [0.25, 0.3) is 0 Å². The van der Waals surface area contributed by atoms with Crippen LogP contribution in [0.2, 0.25) is 0 Å². The van der Waals surface area contributed by atoms with Gasteiger partial charge in [-0.1, -0.05) is 6.58 Å². The molecular formula is C10H15NO3. The number of fused-ring (bicyclic) bond motifs is 1. The Kier molecular flexibility index (Phi) is 2.84. The Bertz CT molecular complexity index is 240. The summed E-state index contributed by atoms with van der Waals surface area (Å²) in [5, 5.41) is 0. The van der Waals surface area contributed by atoms with Crippen molar-refractivity contribution in [1.29, 1.82) is 0 Å². The lowest BCUT2D eigenvalue weighted by Gasteiger charge is -2.43. The molecule has 1 amide bonds. The van der Waals surface area contributed by atoms with E-state index in [4.69, 9.17) is 9.47 Å². The van der Waals surface area contributed by atoms with Crippen LogP contribution in [0.15, 0.2) is 12.7 Å². The van der Waals surface area contributed by atoms with E-state index in [-0.39, 0.29) is 18.1 Å². The average molecular weight is 197 g/mol. The summed E-state index contributed by atoms with van der Waals surface area (Å²) in [5.74, 6) is 0.00481. The molecule has 2 aliphatic heterocycles. The second kappa shape index (κ2) is 4.11. The van der Waals surface area contributed by atoms with Crippen LogP contribution in [0.1, 0.15) is 6.42 Å². The fourth-order valence-electron chi connectivity index (χ4n) is 2.08. The minimum Gasteiger partial charge on any atom is -0.379 e. The number of morpholine rings is 1. The number of carbonyl (C=O) groups excluding carboxylic acids is 1. The van der Waals surface area contributed by atoms with Crippen LogP contribution in [0.4, 0.5) is 0 Å². The van der Waals surface area contributed by atoms with E-state index in [0.717, 1.165) is 6.42 Å². The molecule has 0 radical (unpaired) electrons. The van der Waals surface area contributed by atoms with Crippen LogP contribution in [-0.4, -0.2) is 49.3 Å². The number of carbonyl (C=O) groups is 1. The van der Waals surface area contributed by atoms with Gasteiger partial charge in [0, 0.05) is 13.2 Å². The molecule has 0 N–H and O–H groups in total. The molecule has 4 nitrogen and oxygen atoms in total. The average Bonchev–Trinajstić information content (AvgIpc) is 2.27. The number of ether oxygens (including phenoxy) is 2. The normalized spacial score (nSPS) is 32.1. The topological polar surface area (TPSA) is 38.8 Å². The number of nitrogens with zero attached hydrogens (tertiary/aromatic N) is 1. The molecule has 0 unspecified atom stereocenters. The lowest BCUT2D eigenvalue weighted by molar-refractivity contribution is -0.157. The van der Waals surface area contributed by atoms with Gasteiger partial charge >= 0.3 is 0 Å². The molecule has 78 valence electrons. The van der Waals surface area contributed by atoms with E-state index in [1.807, 2.05) is 4.90 Å². The van der Waals surface area contributed by atoms with Gasteiger partial charge in [-0.25, -0.2) is 0 Å². The number of amides is 1. The Labute approximate surface area is 83.5 Å². The third-order valence-electron chi connectivity index (χ3n) is 2.79. The first kappa shape index (κ1) is 9.68. The zero-order valence-corrected chi connectivity index (χ0v) is 8.15. The van der Waals surface area contributed by atoms with Gasteiger partial charge < -0.3 is 14.4 Å². The molecule has 0 aromatic heterocycles. The number of hydrogen-bond acceptors (Lipinski definition) is 3. The van der Waals surface area contributed by atoms with Crippen molar-refractivity contribution in [3.8, 4) is 0 Å². The van der Waals surface area contributed by atoms with Gasteiger partial charge in [-0.2, -0.15) is 0 Å². The zero-order valence-electron chi connectivity index (χ0n) is 8.15. The molecule has 2 atom stereocenters. The fourth-order valence-corrected chi connectivity index (χ4v) is 2.08. The van der Waals surface area contributed by atoms with Crippen LogP contribution >= 0.6 is 0 Å². The highest BCUT2D eigenvalue weighted by atomic mass is 16.5. The van der Waals surface area contributed by atoms with Crippen molar-refractivity contribution < 1.29 is 14.3 Å². The highest BCUT2D eigenvalue weighted by Gasteiger charge is 2.36. The first-order chi connectivity index (χ1) is 6.83. The smallest absolute Gasteiger partial charge is 0.246 e. The summed E-state index contributed by atoms with van der Waals surface area (Å²) in [6, 6.07) is 0.183. The third-order valence-corrected chi connectivity index (χ3v) is 2.79. The van der Waals surface area contributed by atoms with Gasteiger partial charge in [-0.15, -0.1) is 0 Å². The minimum atomic E-state index is 0.00481. The van der Waals surface area contributed by atoms with E-state index in [9.17, 15) is 4.79 Å². The SMILES string of the molecule is C=CC(=O)N1CCO[C@@H]2COCC[C@@H]21. The Hall–Kier alpha value is -0.870. The van der Waals surface area contributed by atoms with Crippen LogP contribution < -0.4 is 0 Å². The standard InChI is InChI=1S/C10H15NO3/c1-2-10(12)11-4-6-14-9-7-13-5-3-8(9)11/h2,8-9H,1,3-7H2/t8-,9+/m0/s1. The monoisotopic (exact) mass is 197 g/mol. The van der Waals surface area contributed by atoms with E-state index in [1.165, 1.54) is 6.08 Å². The maximum absolute atomic E-state index is 11.5. The first-order valence-corrected chi connectivity index (χ1v) is 4.95. The molecule has 2 fully saturated rings. The Balaban J connectivity index is 2.08. The van der Waals surface area contributed by atoms with Gasteiger partial charge in [0.05, 0.1) is 19.3 Å². The van der Waals surface area contributed by atoms with Gasteiger partial charge in [0.2, 0.25) is 5.91 Å². The summed E-state index contributed by atoms with van der Waals surface area (Å²) in [6.07, 6.45) is 2.30. The lowest BCUT2D eigenvalue weighted by atomic mass is 10.0. The van der Waals surface area contributed by atoms with Gasteiger partial charge in [-0.3, -0.25) is 4.79 Å². The Morgan fingerprint density at radius 3 is 3.14 bits per heavy atom. The van der Waals surface area contributed by atoms with Crippen molar-refractivity contribution in [3.63, 3.8) is 0 Å². The molecule has 2 heterocycles. The van der Waals surface area contributed by atoms with Crippen molar-refractivity contribution >= 4 is 5.91 Å². The molecule has 0 aliphatic carbocycles. The van der Waals surface area contributed by atoms with Gasteiger partial charge in [-0.05, 0) is 12.5 Å². The van der Waals surface area contributed by atoms with Crippen molar-refractivity contribution in [1.82, 2.24) is 4.90 Å². The van der Waals surface area contributed by atoms with Crippen LogP contribution in [-0.2, 0) is 14.3 Å². The summed E-state index contributed by atoms with van der Waals surface area (Å²) in [6.45, 7) is 6.10. The molecular weight excluding hydrogens is 182 g/mol. The molecule has 0 aromatic rings. The van der Waals surface area contributed by atoms with E-state index in [2.05, 4.69) is 6.58 Å². The van der Waals surface area contributed by atoms with Crippen LogP contribution in [0, 0.1) is 0 Å². The predicted octanol–water partition coefficient (Wildman–Crippen LogP) is 0.189. The molecule has 2 rings (SSSR count). The second-order valence-electron chi connectivity index (χ2n) is 3.58. The van der Waals surface area contributed by atoms with Crippen molar-refractivity contribution in [3.05, 3.63) is 12.7 Å². The Morgan fingerprint density at radius 2 is 2.36 bits per heavy atom. The molecule has 14 heavy (non-hydrogen) atoms. The third kappa shape index (κ3) is 1.67. The van der Waals surface area contributed by atoms with Crippen LogP contribution in [0.3, 0.4) is 0 Å². The molecule has 2 aliphatic rings. The first-order valence-electron chi connectivity index (χ1n) is 4.95. The molecule has 2 saturated heterocycles. The summed E-state index contributed by atoms with van der Waals surface area (Å²) in [5.41, 5.74) is 0. The minimum absolute atomic E-state index is 0.00481.